The van der Waals surface area contributed by atoms with E-state index in [0.29, 0.717) is 37.5 Å². The van der Waals surface area contributed by atoms with Gasteiger partial charge in [-0.3, -0.25) is 4.79 Å². The van der Waals surface area contributed by atoms with Crippen LogP contribution in [0.3, 0.4) is 0 Å². The summed E-state index contributed by atoms with van der Waals surface area (Å²) in [5, 5.41) is 0. The van der Waals surface area contributed by atoms with Crippen LogP contribution in [0.4, 0.5) is 0 Å². The Balaban J connectivity index is 1.60. The van der Waals surface area contributed by atoms with Crippen LogP contribution in [0.1, 0.15) is 23.6 Å². The van der Waals surface area contributed by atoms with Gasteiger partial charge in [-0.2, -0.15) is 4.31 Å². The molecule has 144 valence electrons. The lowest BCUT2D eigenvalue weighted by atomic mass is 10.1. The first-order valence-corrected chi connectivity index (χ1v) is 10.8. The van der Waals surface area contributed by atoms with E-state index in [9.17, 15) is 13.2 Å². The molecule has 1 aliphatic heterocycles. The molecule has 3 rings (SSSR count). The van der Waals surface area contributed by atoms with Crippen LogP contribution in [0.15, 0.2) is 53.4 Å². The topological polar surface area (TPSA) is 57.7 Å². The molecule has 5 nitrogen and oxygen atoms in total. The summed E-state index contributed by atoms with van der Waals surface area (Å²) in [6, 6.07) is 15.0. The molecule has 0 unspecified atom stereocenters. The molecule has 0 saturated carbocycles. The molecule has 0 aliphatic carbocycles. The first kappa shape index (κ1) is 19.6. The molecule has 1 amide bonds. The lowest BCUT2D eigenvalue weighted by Crippen LogP contribution is -2.50. The molecule has 0 bridgehead atoms. The van der Waals surface area contributed by atoms with Crippen molar-refractivity contribution in [2.45, 2.75) is 31.6 Å². The number of hydrogen-bond donors (Lipinski definition) is 0. The van der Waals surface area contributed by atoms with Gasteiger partial charge in [0.15, 0.2) is 0 Å². The fraction of sp³-hybridized carbons (Fsp3) is 0.381. The van der Waals surface area contributed by atoms with Gasteiger partial charge in [-0.1, -0.05) is 48.9 Å². The second kappa shape index (κ2) is 8.23. The maximum absolute atomic E-state index is 12.8. The monoisotopic (exact) mass is 386 g/mol. The minimum Gasteiger partial charge on any atom is -0.340 e. The Morgan fingerprint density at radius 3 is 2.00 bits per heavy atom. The van der Waals surface area contributed by atoms with Crippen molar-refractivity contribution in [3.8, 4) is 0 Å². The molecular weight excluding hydrogens is 360 g/mol. The number of rotatable bonds is 5. The lowest BCUT2D eigenvalue weighted by molar-refractivity contribution is -0.131. The summed E-state index contributed by atoms with van der Waals surface area (Å²) < 4.78 is 27.1. The summed E-state index contributed by atoms with van der Waals surface area (Å²) >= 11 is 0. The van der Waals surface area contributed by atoms with E-state index in [2.05, 4.69) is 0 Å². The molecule has 0 radical (unpaired) electrons. The summed E-state index contributed by atoms with van der Waals surface area (Å²) in [4.78, 5) is 14.6. The van der Waals surface area contributed by atoms with Crippen molar-refractivity contribution in [1.29, 1.82) is 0 Å². The second-order valence-corrected chi connectivity index (χ2v) is 8.88. The highest BCUT2D eigenvalue weighted by Crippen LogP contribution is 2.19. The van der Waals surface area contributed by atoms with Crippen molar-refractivity contribution in [3.63, 3.8) is 0 Å². The Morgan fingerprint density at radius 1 is 0.889 bits per heavy atom. The predicted octanol–water partition coefficient (Wildman–Crippen LogP) is 2.63. The van der Waals surface area contributed by atoms with E-state index in [1.165, 1.54) is 4.31 Å². The Hall–Kier alpha value is -2.18. The van der Waals surface area contributed by atoms with E-state index < -0.39 is 10.0 Å². The highest BCUT2D eigenvalue weighted by molar-refractivity contribution is 7.89. The zero-order valence-electron chi connectivity index (χ0n) is 15.9. The maximum Gasteiger partial charge on any atom is 0.243 e. The van der Waals surface area contributed by atoms with Crippen LogP contribution in [-0.2, 0) is 27.7 Å². The fourth-order valence-corrected chi connectivity index (χ4v) is 4.64. The largest absolute Gasteiger partial charge is 0.340 e. The normalized spacial score (nSPS) is 15.7. The van der Waals surface area contributed by atoms with Gasteiger partial charge >= 0.3 is 0 Å². The van der Waals surface area contributed by atoms with Crippen molar-refractivity contribution < 1.29 is 13.2 Å². The van der Waals surface area contributed by atoms with Gasteiger partial charge in [-0.25, -0.2) is 8.42 Å². The highest BCUT2D eigenvalue weighted by Gasteiger charge is 2.30. The minimum atomic E-state index is -3.50. The summed E-state index contributed by atoms with van der Waals surface area (Å²) in [6.07, 6.45) is 1.23. The number of benzene rings is 2. The second-order valence-electron chi connectivity index (χ2n) is 6.94. The third-order valence-corrected chi connectivity index (χ3v) is 6.95. The summed E-state index contributed by atoms with van der Waals surface area (Å²) in [5.74, 6) is 0.0446. The molecular formula is C21H26N2O3S. The number of piperazine rings is 1. The van der Waals surface area contributed by atoms with Gasteiger partial charge in [0.25, 0.3) is 0 Å². The number of carbonyl (C=O) groups excluding carboxylic acids is 1. The standard InChI is InChI=1S/C21H26N2O3S/c1-3-18-8-10-20(11-9-18)27(25,26)23-14-12-22(13-15-23)21(24)16-19-6-4-17(2)5-7-19/h4-11H,3,12-16H2,1-2H3. The first-order valence-electron chi connectivity index (χ1n) is 9.32. The quantitative estimate of drug-likeness (QED) is 0.794. The lowest BCUT2D eigenvalue weighted by Gasteiger charge is -2.34. The highest BCUT2D eigenvalue weighted by atomic mass is 32.2. The SMILES string of the molecule is CCc1ccc(S(=O)(=O)N2CCN(C(=O)Cc3ccc(C)cc3)CC2)cc1. The van der Waals surface area contributed by atoms with Crippen LogP contribution in [0.25, 0.3) is 0 Å². The number of aryl methyl sites for hydroxylation is 2. The summed E-state index contributed by atoms with van der Waals surface area (Å²) in [7, 11) is -3.50. The summed E-state index contributed by atoms with van der Waals surface area (Å²) in [6.45, 7) is 5.57. The molecule has 0 spiro atoms. The van der Waals surface area contributed by atoms with Crippen LogP contribution in [0.5, 0.6) is 0 Å². The van der Waals surface area contributed by atoms with Crippen molar-refractivity contribution in [2.24, 2.45) is 0 Å². The third kappa shape index (κ3) is 4.57. The van der Waals surface area contributed by atoms with Gasteiger partial charge in [0.05, 0.1) is 11.3 Å². The Labute approximate surface area is 161 Å². The molecule has 0 atom stereocenters. The predicted molar refractivity (Wildman–Crippen MR) is 106 cm³/mol. The van der Waals surface area contributed by atoms with Crippen molar-refractivity contribution >= 4 is 15.9 Å². The van der Waals surface area contributed by atoms with Gasteiger partial charge in [0, 0.05) is 26.2 Å². The van der Waals surface area contributed by atoms with Crippen LogP contribution >= 0.6 is 0 Å². The Bertz CT molecular complexity index is 882. The smallest absolute Gasteiger partial charge is 0.243 e. The molecule has 0 aromatic heterocycles. The molecule has 1 saturated heterocycles. The number of sulfonamides is 1. The van der Waals surface area contributed by atoms with Gasteiger partial charge in [0.2, 0.25) is 15.9 Å². The molecule has 1 aliphatic rings. The molecule has 27 heavy (non-hydrogen) atoms. The zero-order chi connectivity index (χ0) is 19.4. The van der Waals surface area contributed by atoms with E-state index in [1.807, 2.05) is 50.2 Å². The van der Waals surface area contributed by atoms with Crippen LogP contribution in [0, 0.1) is 6.92 Å². The third-order valence-electron chi connectivity index (χ3n) is 5.04. The van der Waals surface area contributed by atoms with Gasteiger partial charge < -0.3 is 4.90 Å². The molecule has 0 N–H and O–H groups in total. The average Bonchev–Trinajstić information content (AvgIpc) is 2.70. The minimum absolute atomic E-state index is 0.0446. The molecule has 1 fully saturated rings. The van der Waals surface area contributed by atoms with Crippen molar-refractivity contribution in [3.05, 3.63) is 65.2 Å². The van der Waals surface area contributed by atoms with Crippen molar-refractivity contribution in [1.82, 2.24) is 9.21 Å². The van der Waals surface area contributed by atoms with Crippen LogP contribution < -0.4 is 0 Å². The average molecular weight is 387 g/mol. The first-order chi connectivity index (χ1) is 12.9. The fourth-order valence-electron chi connectivity index (χ4n) is 3.22. The number of carbonyl (C=O) groups is 1. The molecule has 6 heteroatoms. The van der Waals surface area contributed by atoms with Crippen LogP contribution in [0.2, 0.25) is 0 Å². The zero-order valence-corrected chi connectivity index (χ0v) is 16.7. The van der Waals surface area contributed by atoms with E-state index in [1.54, 1.807) is 17.0 Å². The van der Waals surface area contributed by atoms with E-state index in [-0.39, 0.29) is 5.91 Å². The van der Waals surface area contributed by atoms with Gasteiger partial charge in [0.1, 0.15) is 0 Å². The molecule has 1 heterocycles. The molecule has 2 aromatic carbocycles. The molecule has 2 aromatic rings. The van der Waals surface area contributed by atoms with E-state index in [0.717, 1.165) is 23.1 Å². The van der Waals surface area contributed by atoms with Crippen molar-refractivity contribution in [2.75, 3.05) is 26.2 Å². The maximum atomic E-state index is 12.8. The van der Waals surface area contributed by atoms with E-state index in [4.69, 9.17) is 0 Å². The Kier molecular flexibility index (Phi) is 5.97. The summed E-state index contributed by atoms with van der Waals surface area (Å²) in [5.41, 5.74) is 3.26. The number of nitrogens with zero attached hydrogens (tertiary/aromatic N) is 2. The van der Waals surface area contributed by atoms with E-state index >= 15 is 0 Å². The Morgan fingerprint density at radius 2 is 1.44 bits per heavy atom. The number of hydrogen-bond acceptors (Lipinski definition) is 3. The van der Waals surface area contributed by atoms with Crippen LogP contribution in [-0.4, -0.2) is 49.7 Å². The van der Waals surface area contributed by atoms with Gasteiger partial charge in [-0.15, -0.1) is 0 Å². The number of amides is 1. The van der Waals surface area contributed by atoms with Gasteiger partial charge in [-0.05, 0) is 36.6 Å².